The summed E-state index contributed by atoms with van der Waals surface area (Å²) in [4.78, 5) is 14.2. The monoisotopic (exact) mass is 332 g/mol. The topological polar surface area (TPSA) is 50.8 Å². The lowest BCUT2D eigenvalue weighted by atomic mass is 10.1. The van der Waals surface area contributed by atoms with Gasteiger partial charge in [-0.25, -0.2) is 0 Å². The van der Waals surface area contributed by atoms with Gasteiger partial charge in [-0.15, -0.1) is 0 Å². The zero-order valence-electron chi connectivity index (χ0n) is 14.5. The van der Waals surface area contributed by atoms with Crippen molar-refractivity contribution in [2.45, 2.75) is 38.7 Å². The first-order valence-electron chi connectivity index (χ1n) is 9.12. The highest BCUT2D eigenvalue weighted by Crippen LogP contribution is 2.29. The molecule has 1 aliphatic carbocycles. The summed E-state index contributed by atoms with van der Waals surface area (Å²) in [5.41, 5.74) is 0. The number of nitrogens with zero attached hydrogens (tertiary/aromatic N) is 1. The lowest BCUT2D eigenvalue weighted by Gasteiger charge is -2.32. The van der Waals surface area contributed by atoms with E-state index in [1.165, 1.54) is 12.8 Å². The third kappa shape index (κ3) is 5.13. The van der Waals surface area contributed by atoms with E-state index in [-0.39, 0.29) is 12.0 Å². The number of piperidine rings is 1. The van der Waals surface area contributed by atoms with E-state index < -0.39 is 0 Å². The van der Waals surface area contributed by atoms with Gasteiger partial charge in [-0.1, -0.05) is 12.1 Å². The molecule has 1 amide bonds. The van der Waals surface area contributed by atoms with Crippen LogP contribution in [0.5, 0.6) is 11.5 Å². The van der Waals surface area contributed by atoms with Crippen LogP contribution in [0, 0.1) is 5.92 Å². The molecule has 3 rings (SSSR count). The highest BCUT2D eigenvalue weighted by molar-refractivity contribution is 5.78. The van der Waals surface area contributed by atoms with Gasteiger partial charge in [0.1, 0.15) is 6.10 Å². The van der Waals surface area contributed by atoms with Crippen molar-refractivity contribution in [3.63, 3.8) is 0 Å². The fraction of sp³-hybridized carbons (Fsp3) is 0.632. The standard InChI is InChI=1S/C19H28N2O3/c1-2-23-17-5-3-4-6-18(17)24-16-9-11-21(12-10-16)14-19(22)20-13-15-7-8-15/h3-6,15-16H,2,7-14H2,1H3,(H,20,22). The summed E-state index contributed by atoms with van der Waals surface area (Å²) in [5.74, 6) is 2.52. The smallest absolute Gasteiger partial charge is 0.234 e. The molecule has 1 aromatic rings. The maximum atomic E-state index is 11.9. The minimum atomic E-state index is 0.156. The van der Waals surface area contributed by atoms with E-state index >= 15 is 0 Å². The van der Waals surface area contributed by atoms with E-state index in [0.717, 1.165) is 49.9 Å². The van der Waals surface area contributed by atoms with Crippen LogP contribution in [0.25, 0.3) is 0 Å². The first kappa shape index (κ1) is 17.1. The van der Waals surface area contributed by atoms with E-state index in [0.29, 0.717) is 13.2 Å². The second-order valence-electron chi connectivity index (χ2n) is 6.72. The molecule has 1 aliphatic heterocycles. The summed E-state index contributed by atoms with van der Waals surface area (Å²) in [6.07, 6.45) is 4.61. The molecule has 1 heterocycles. The molecule has 24 heavy (non-hydrogen) atoms. The average molecular weight is 332 g/mol. The van der Waals surface area contributed by atoms with Crippen molar-refractivity contribution in [2.24, 2.45) is 5.92 Å². The molecule has 1 saturated heterocycles. The fourth-order valence-corrected chi connectivity index (χ4v) is 3.03. The molecule has 0 atom stereocenters. The van der Waals surface area contributed by atoms with Crippen molar-refractivity contribution in [2.75, 3.05) is 32.8 Å². The number of carbonyl (C=O) groups excluding carboxylic acids is 1. The summed E-state index contributed by atoms with van der Waals surface area (Å²) in [5, 5.41) is 3.04. The molecule has 0 radical (unpaired) electrons. The Morgan fingerprint density at radius 2 is 1.88 bits per heavy atom. The second-order valence-corrected chi connectivity index (χ2v) is 6.72. The summed E-state index contributed by atoms with van der Waals surface area (Å²) in [7, 11) is 0. The van der Waals surface area contributed by atoms with Crippen LogP contribution in [0.4, 0.5) is 0 Å². The molecule has 132 valence electrons. The van der Waals surface area contributed by atoms with Gasteiger partial charge in [0.25, 0.3) is 0 Å². The van der Waals surface area contributed by atoms with Crippen molar-refractivity contribution in [1.29, 1.82) is 0 Å². The van der Waals surface area contributed by atoms with Crippen LogP contribution >= 0.6 is 0 Å². The summed E-state index contributed by atoms with van der Waals surface area (Å²) in [6.45, 7) is 5.77. The van der Waals surface area contributed by atoms with E-state index in [1.807, 2.05) is 31.2 Å². The number of ether oxygens (including phenoxy) is 2. The maximum absolute atomic E-state index is 11.9. The maximum Gasteiger partial charge on any atom is 0.234 e. The predicted molar refractivity (Wildman–Crippen MR) is 93.4 cm³/mol. The van der Waals surface area contributed by atoms with Gasteiger partial charge in [0.05, 0.1) is 13.2 Å². The van der Waals surface area contributed by atoms with Gasteiger partial charge in [0.2, 0.25) is 5.91 Å². The number of hydrogen-bond donors (Lipinski definition) is 1. The van der Waals surface area contributed by atoms with Crippen molar-refractivity contribution in [3.8, 4) is 11.5 Å². The molecule has 2 fully saturated rings. The fourth-order valence-electron chi connectivity index (χ4n) is 3.03. The lowest BCUT2D eigenvalue weighted by molar-refractivity contribution is -0.122. The number of para-hydroxylation sites is 2. The number of amides is 1. The van der Waals surface area contributed by atoms with Crippen LogP contribution in [-0.4, -0.2) is 49.7 Å². The van der Waals surface area contributed by atoms with Gasteiger partial charge < -0.3 is 14.8 Å². The molecular formula is C19H28N2O3. The Bertz CT molecular complexity index is 537. The van der Waals surface area contributed by atoms with Crippen molar-refractivity contribution in [3.05, 3.63) is 24.3 Å². The predicted octanol–water partition coefficient (Wildman–Crippen LogP) is 2.45. The molecule has 1 aromatic carbocycles. The van der Waals surface area contributed by atoms with Crippen LogP contribution in [0.2, 0.25) is 0 Å². The normalized spacial score (nSPS) is 19.0. The molecule has 0 bridgehead atoms. The van der Waals surface area contributed by atoms with Crippen LogP contribution in [0.15, 0.2) is 24.3 Å². The van der Waals surface area contributed by atoms with Crippen molar-refractivity contribution < 1.29 is 14.3 Å². The van der Waals surface area contributed by atoms with Gasteiger partial charge in [-0.2, -0.15) is 0 Å². The Labute approximate surface area is 144 Å². The first-order valence-corrected chi connectivity index (χ1v) is 9.12. The number of nitrogens with one attached hydrogen (secondary N) is 1. The first-order chi connectivity index (χ1) is 11.7. The van der Waals surface area contributed by atoms with Crippen molar-refractivity contribution >= 4 is 5.91 Å². The van der Waals surface area contributed by atoms with E-state index in [1.54, 1.807) is 0 Å². The lowest BCUT2D eigenvalue weighted by Crippen LogP contribution is -2.44. The minimum absolute atomic E-state index is 0.156. The zero-order valence-corrected chi connectivity index (χ0v) is 14.5. The van der Waals surface area contributed by atoms with E-state index in [9.17, 15) is 4.79 Å². The number of benzene rings is 1. The third-order valence-electron chi connectivity index (χ3n) is 4.63. The zero-order chi connectivity index (χ0) is 16.8. The quantitative estimate of drug-likeness (QED) is 0.794. The molecule has 5 heteroatoms. The molecule has 1 N–H and O–H groups in total. The molecule has 5 nitrogen and oxygen atoms in total. The molecule has 0 unspecified atom stereocenters. The largest absolute Gasteiger partial charge is 0.490 e. The number of carbonyl (C=O) groups is 1. The summed E-state index contributed by atoms with van der Waals surface area (Å²) < 4.78 is 11.7. The third-order valence-corrected chi connectivity index (χ3v) is 4.63. The van der Waals surface area contributed by atoms with Gasteiger partial charge in [-0.3, -0.25) is 9.69 Å². The SMILES string of the molecule is CCOc1ccccc1OC1CCN(CC(=O)NCC2CC2)CC1. The molecule has 0 aromatic heterocycles. The summed E-state index contributed by atoms with van der Waals surface area (Å²) >= 11 is 0. The van der Waals surface area contributed by atoms with Gasteiger partial charge in [0.15, 0.2) is 11.5 Å². The van der Waals surface area contributed by atoms with Crippen LogP contribution < -0.4 is 14.8 Å². The van der Waals surface area contributed by atoms with Gasteiger partial charge >= 0.3 is 0 Å². The highest BCUT2D eigenvalue weighted by Gasteiger charge is 2.24. The minimum Gasteiger partial charge on any atom is -0.490 e. The van der Waals surface area contributed by atoms with E-state index in [4.69, 9.17) is 9.47 Å². The van der Waals surface area contributed by atoms with Gasteiger partial charge in [0, 0.05) is 19.6 Å². The Morgan fingerprint density at radius 1 is 1.17 bits per heavy atom. The van der Waals surface area contributed by atoms with Crippen molar-refractivity contribution in [1.82, 2.24) is 10.2 Å². The Balaban J connectivity index is 1.41. The Morgan fingerprint density at radius 3 is 2.54 bits per heavy atom. The number of rotatable bonds is 8. The van der Waals surface area contributed by atoms with E-state index in [2.05, 4.69) is 10.2 Å². The number of likely N-dealkylation sites (tertiary alicyclic amines) is 1. The molecular weight excluding hydrogens is 304 g/mol. The van der Waals surface area contributed by atoms with Crippen LogP contribution in [-0.2, 0) is 4.79 Å². The Kier molecular flexibility index (Phi) is 5.96. The van der Waals surface area contributed by atoms with Crippen LogP contribution in [0.3, 0.4) is 0 Å². The van der Waals surface area contributed by atoms with Crippen LogP contribution in [0.1, 0.15) is 32.6 Å². The summed E-state index contributed by atoms with van der Waals surface area (Å²) in [6, 6.07) is 7.83. The molecule has 0 spiro atoms. The second kappa shape index (κ2) is 8.38. The average Bonchev–Trinajstić information content (AvgIpc) is 3.41. The molecule has 2 aliphatic rings. The highest BCUT2D eigenvalue weighted by atomic mass is 16.5. The Hall–Kier alpha value is -1.75. The van der Waals surface area contributed by atoms with Gasteiger partial charge in [-0.05, 0) is 50.7 Å². The number of hydrogen-bond acceptors (Lipinski definition) is 4. The molecule has 1 saturated carbocycles.